The van der Waals surface area contributed by atoms with E-state index in [1.165, 1.54) is 10.6 Å². The van der Waals surface area contributed by atoms with E-state index < -0.39 is 11.3 Å². The summed E-state index contributed by atoms with van der Waals surface area (Å²) in [5.74, 6) is -0.651. The summed E-state index contributed by atoms with van der Waals surface area (Å²) in [5.41, 5.74) is 1.19. The number of carbonyl (C=O) groups excluding carboxylic acids is 1. The number of pyridine rings is 2. The van der Waals surface area contributed by atoms with Crippen LogP contribution in [0.5, 0.6) is 5.75 Å². The molecule has 0 bridgehead atoms. The number of carbonyl (C=O) groups is 1. The molecule has 1 atom stereocenters. The first-order chi connectivity index (χ1) is 21.7. The van der Waals surface area contributed by atoms with Crippen molar-refractivity contribution in [2.24, 2.45) is 5.92 Å². The molecule has 0 saturated carbocycles. The summed E-state index contributed by atoms with van der Waals surface area (Å²) in [7, 11) is 1.91. The molecule has 5 rings (SSSR count). The predicted molar refractivity (Wildman–Crippen MR) is 186 cm³/mol. The first kappa shape index (κ1) is 34.0. The Labute approximate surface area is 291 Å². The average molecular weight is 723 g/mol. The average Bonchev–Trinajstić information content (AvgIpc) is 3.03. The van der Waals surface area contributed by atoms with Crippen molar-refractivity contribution in [1.82, 2.24) is 19.4 Å². The van der Waals surface area contributed by atoms with Crippen LogP contribution in [0, 0.1) is 17.2 Å². The number of fused-ring (bicyclic) bond motifs is 1. The summed E-state index contributed by atoms with van der Waals surface area (Å²) in [4.78, 5) is 37.3. The third-order valence-electron chi connectivity index (χ3n) is 8.30. The minimum atomic E-state index is -0.582. The molecule has 1 N–H and O–H groups in total. The van der Waals surface area contributed by atoms with Gasteiger partial charge in [-0.05, 0) is 42.8 Å². The minimum absolute atomic E-state index is 0.00129. The monoisotopic (exact) mass is 720 g/mol. The largest absolute Gasteiger partial charge is 0.506 e. The van der Waals surface area contributed by atoms with Crippen LogP contribution in [0.2, 0.25) is 25.1 Å². The summed E-state index contributed by atoms with van der Waals surface area (Å²) in [6.45, 7) is 10.9. The van der Waals surface area contributed by atoms with Gasteiger partial charge in [0.2, 0.25) is 5.91 Å². The molecule has 9 nitrogen and oxygen atoms in total. The lowest BCUT2D eigenvalue weighted by Gasteiger charge is -2.38. The van der Waals surface area contributed by atoms with E-state index in [1.54, 1.807) is 11.0 Å². The smallest absolute Gasteiger partial charge is 0.276 e. The van der Waals surface area contributed by atoms with Crippen LogP contribution in [0.1, 0.15) is 26.3 Å². The maximum atomic E-state index is 14.6. The zero-order chi connectivity index (χ0) is 33.8. The Kier molecular flexibility index (Phi) is 9.61. The number of nitrogens with zero attached hydrogens (tertiary/aromatic N) is 6. The molecule has 240 valence electrons. The van der Waals surface area contributed by atoms with Crippen molar-refractivity contribution >= 4 is 86.3 Å². The highest BCUT2D eigenvalue weighted by Gasteiger charge is 2.34. The second kappa shape index (κ2) is 13.0. The fraction of sp³-hybridized carbons (Fsp3) is 0.312. The molecule has 1 fully saturated rings. The fourth-order valence-corrected chi connectivity index (χ4v) is 7.32. The van der Waals surface area contributed by atoms with Gasteiger partial charge >= 0.3 is 0 Å². The number of nitriles is 1. The Morgan fingerprint density at radius 2 is 1.74 bits per heavy atom. The third kappa shape index (κ3) is 5.50. The van der Waals surface area contributed by atoms with Crippen molar-refractivity contribution in [2.75, 3.05) is 38.1 Å². The molecule has 2 aromatic heterocycles. The first-order valence-corrected chi connectivity index (χ1v) is 16.2. The zero-order valence-corrected chi connectivity index (χ0v) is 29.1. The second-order valence-corrected chi connectivity index (χ2v) is 13.3. The number of hydrogen-bond acceptors (Lipinski definition) is 7. The second-order valence-electron chi connectivity index (χ2n) is 11.4. The van der Waals surface area contributed by atoms with E-state index in [2.05, 4.69) is 12.6 Å². The molecular formula is C32H29Cl5N6O3. The molecule has 1 saturated heterocycles. The summed E-state index contributed by atoms with van der Waals surface area (Å²) in [6.07, 6.45) is 5.08. The molecule has 14 heteroatoms. The number of amides is 1. The lowest BCUT2D eigenvalue weighted by Crippen LogP contribution is -2.49. The van der Waals surface area contributed by atoms with Crippen LogP contribution in [0.15, 0.2) is 41.4 Å². The molecule has 4 heterocycles. The number of allylic oxidation sites excluding steroid dienone is 2. The number of phenolic OH excluding ortho intramolecular Hbond substituents is 1. The highest BCUT2D eigenvalue weighted by Crippen LogP contribution is 2.51. The first-order valence-electron chi connectivity index (χ1n) is 14.3. The molecular weight excluding hydrogens is 694 g/mol. The molecule has 2 aliphatic heterocycles. The number of aromatic nitrogens is 2. The Bertz CT molecular complexity index is 1940. The van der Waals surface area contributed by atoms with Gasteiger partial charge in [0, 0.05) is 38.6 Å². The van der Waals surface area contributed by atoms with Crippen LogP contribution >= 0.6 is 58.0 Å². The predicted octanol–water partition coefficient (Wildman–Crippen LogP) is 7.46. The van der Waals surface area contributed by atoms with Crippen molar-refractivity contribution in [2.45, 2.75) is 26.8 Å². The highest BCUT2D eigenvalue weighted by molar-refractivity contribution is 6.53. The third-order valence-corrected chi connectivity index (χ3v) is 10.4. The highest BCUT2D eigenvalue weighted by atomic mass is 35.5. The minimum Gasteiger partial charge on any atom is -0.506 e. The van der Waals surface area contributed by atoms with Gasteiger partial charge in [-0.2, -0.15) is 5.26 Å². The number of halogens is 5. The maximum absolute atomic E-state index is 14.6. The van der Waals surface area contributed by atoms with Crippen molar-refractivity contribution in [1.29, 1.82) is 5.26 Å². The van der Waals surface area contributed by atoms with E-state index in [4.69, 9.17) is 63.0 Å². The van der Waals surface area contributed by atoms with Crippen LogP contribution in [0.3, 0.4) is 0 Å². The van der Waals surface area contributed by atoms with Gasteiger partial charge in [0.1, 0.15) is 28.1 Å². The zero-order valence-electron chi connectivity index (χ0n) is 25.3. The summed E-state index contributed by atoms with van der Waals surface area (Å²) >= 11 is 32.4. The standard InChI is InChI=1S/C32H29Cl5N6O3/c1-6-20(44)41-9-11-42(12-10-41)29-17-13-19(33)26(21-22(34)23(35)24(36)25(37)30(21)45)39-31(17)43(32(46)18(29)14-38)28-16(4)7-8-40(5)27(28)15(2)3/h6-8,13,15,27,45H,1,9-12H2,2-5H3/t27-/m1/s1. The number of phenols is 1. The number of benzene rings is 1. The van der Waals surface area contributed by atoms with E-state index in [0.29, 0.717) is 42.9 Å². The molecule has 2 aliphatic rings. The van der Waals surface area contributed by atoms with Gasteiger partial charge in [0.15, 0.2) is 0 Å². The van der Waals surface area contributed by atoms with Crippen molar-refractivity contribution in [3.05, 3.63) is 77.6 Å². The molecule has 3 aromatic rings. The van der Waals surface area contributed by atoms with Gasteiger partial charge < -0.3 is 19.8 Å². The molecule has 0 unspecified atom stereocenters. The van der Waals surface area contributed by atoms with Crippen LogP contribution in [-0.4, -0.2) is 69.6 Å². The summed E-state index contributed by atoms with van der Waals surface area (Å²) in [6, 6.07) is 3.46. The maximum Gasteiger partial charge on any atom is 0.276 e. The Balaban J connectivity index is 1.91. The molecule has 0 aliphatic carbocycles. The molecule has 1 aromatic carbocycles. The van der Waals surface area contributed by atoms with E-state index in [1.807, 2.05) is 49.9 Å². The lowest BCUT2D eigenvalue weighted by molar-refractivity contribution is -0.126. The topological polar surface area (TPSA) is 106 Å². The summed E-state index contributed by atoms with van der Waals surface area (Å²) < 4.78 is 1.44. The number of rotatable bonds is 5. The van der Waals surface area contributed by atoms with Gasteiger partial charge in [-0.1, -0.05) is 78.4 Å². The van der Waals surface area contributed by atoms with Crippen LogP contribution in [0.4, 0.5) is 5.69 Å². The van der Waals surface area contributed by atoms with E-state index in [-0.39, 0.29) is 65.4 Å². The van der Waals surface area contributed by atoms with Gasteiger partial charge in [0.05, 0.1) is 48.8 Å². The van der Waals surface area contributed by atoms with Crippen molar-refractivity contribution in [3.8, 4) is 23.1 Å². The quantitative estimate of drug-likeness (QED) is 0.166. The Hall–Kier alpha value is -3.39. The Morgan fingerprint density at radius 3 is 2.33 bits per heavy atom. The number of anilines is 1. The van der Waals surface area contributed by atoms with Gasteiger partial charge in [-0.25, -0.2) is 4.98 Å². The van der Waals surface area contributed by atoms with E-state index >= 15 is 0 Å². The van der Waals surface area contributed by atoms with Crippen LogP contribution in [-0.2, 0) is 4.79 Å². The summed E-state index contributed by atoms with van der Waals surface area (Å²) in [5, 5.41) is 21.4. The van der Waals surface area contributed by atoms with Crippen molar-refractivity contribution in [3.63, 3.8) is 0 Å². The van der Waals surface area contributed by atoms with Gasteiger partial charge in [-0.3, -0.25) is 14.2 Å². The van der Waals surface area contributed by atoms with Crippen LogP contribution < -0.4 is 10.5 Å². The van der Waals surface area contributed by atoms with Crippen molar-refractivity contribution < 1.29 is 9.90 Å². The molecule has 0 radical (unpaired) electrons. The molecule has 1 amide bonds. The normalized spacial score (nSPS) is 16.9. The SMILES string of the molecule is C=CC(=O)N1CCN(c2c(C#N)c(=O)n(C3=C(C)C=CN(C)[C@@H]3C(C)C)c3nc(-c4c(O)c(Cl)c(Cl)c(Cl)c4Cl)c(Cl)cc23)CC1. The number of piperazine rings is 1. The molecule has 0 spiro atoms. The fourth-order valence-electron chi connectivity index (χ4n) is 6.14. The Morgan fingerprint density at radius 1 is 1.11 bits per heavy atom. The van der Waals surface area contributed by atoms with Crippen LogP contribution in [0.25, 0.3) is 28.0 Å². The van der Waals surface area contributed by atoms with Gasteiger partial charge in [0.25, 0.3) is 5.56 Å². The number of hydrogen-bond donors (Lipinski definition) is 1. The lowest BCUT2D eigenvalue weighted by atomic mass is 9.93. The van der Waals surface area contributed by atoms with E-state index in [9.17, 15) is 20.0 Å². The van der Waals surface area contributed by atoms with E-state index in [0.717, 1.165) is 5.57 Å². The number of aromatic hydroxyl groups is 1. The number of likely N-dealkylation sites (N-methyl/N-ethyl adjacent to an activating group) is 1. The van der Waals surface area contributed by atoms with Gasteiger partial charge in [-0.15, -0.1) is 0 Å². The molecule has 46 heavy (non-hydrogen) atoms.